The molecule has 4 nitrogen and oxygen atoms in total. The standard InChI is InChI=1S/C14H9Br2N3O/c15-8-5-6-12(10(16)7-8)20-13-9-3-1-2-4-11(9)18-14(17)19-13/h1-7H,(H2,17,18,19). The van der Waals surface area contributed by atoms with Crippen LogP contribution in [0.25, 0.3) is 10.9 Å². The number of nitrogens with zero attached hydrogens (tertiary/aromatic N) is 2. The van der Waals surface area contributed by atoms with E-state index >= 15 is 0 Å². The highest BCUT2D eigenvalue weighted by Crippen LogP contribution is 2.34. The van der Waals surface area contributed by atoms with Crippen molar-refractivity contribution in [3.63, 3.8) is 0 Å². The number of anilines is 1. The minimum atomic E-state index is 0.187. The van der Waals surface area contributed by atoms with Crippen molar-refractivity contribution in [2.45, 2.75) is 0 Å². The van der Waals surface area contributed by atoms with Gasteiger partial charge in [0.15, 0.2) is 0 Å². The molecular weight excluding hydrogens is 386 g/mol. The summed E-state index contributed by atoms with van der Waals surface area (Å²) in [7, 11) is 0. The van der Waals surface area contributed by atoms with Crippen LogP contribution in [-0.2, 0) is 0 Å². The van der Waals surface area contributed by atoms with E-state index in [4.69, 9.17) is 10.5 Å². The summed E-state index contributed by atoms with van der Waals surface area (Å²) in [5.41, 5.74) is 6.47. The molecule has 6 heteroatoms. The molecule has 0 saturated heterocycles. The van der Waals surface area contributed by atoms with E-state index in [1.165, 1.54) is 0 Å². The minimum absolute atomic E-state index is 0.187. The second-order valence-electron chi connectivity index (χ2n) is 4.08. The Labute approximate surface area is 132 Å². The van der Waals surface area contributed by atoms with E-state index in [0.29, 0.717) is 11.6 Å². The highest BCUT2D eigenvalue weighted by Gasteiger charge is 2.10. The van der Waals surface area contributed by atoms with Gasteiger partial charge in [-0.15, -0.1) is 0 Å². The third-order valence-electron chi connectivity index (χ3n) is 2.69. The number of rotatable bonds is 2. The molecule has 100 valence electrons. The van der Waals surface area contributed by atoms with Crippen molar-refractivity contribution in [3.05, 3.63) is 51.4 Å². The zero-order chi connectivity index (χ0) is 14.1. The van der Waals surface area contributed by atoms with Crippen LogP contribution in [0.4, 0.5) is 5.95 Å². The first-order valence-electron chi connectivity index (χ1n) is 5.78. The van der Waals surface area contributed by atoms with Gasteiger partial charge in [-0.3, -0.25) is 0 Å². The van der Waals surface area contributed by atoms with Crippen LogP contribution in [0.3, 0.4) is 0 Å². The Morgan fingerprint density at radius 3 is 2.60 bits per heavy atom. The molecule has 0 saturated carbocycles. The Kier molecular flexibility index (Phi) is 3.58. The summed E-state index contributed by atoms with van der Waals surface area (Å²) in [6, 6.07) is 13.2. The summed E-state index contributed by atoms with van der Waals surface area (Å²) in [5, 5.41) is 0.816. The molecule has 0 atom stereocenters. The van der Waals surface area contributed by atoms with Crippen molar-refractivity contribution in [3.8, 4) is 11.6 Å². The van der Waals surface area contributed by atoms with E-state index in [2.05, 4.69) is 41.8 Å². The van der Waals surface area contributed by atoms with Crippen LogP contribution in [0.5, 0.6) is 11.6 Å². The number of hydrogen-bond acceptors (Lipinski definition) is 4. The van der Waals surface area contributed by atoms with Crippen LogP contribution in [0.2, 0.25) is 0 Å². The molecule has 3 rings (SSSR count). The molecule has 20 heavy (non-hydrogen) atoms. The molecule has 0 aliphatic carbocycles. The highest BCUT2D eigenvalue weighted by molar-refractivity contribution is 9.11. The van der Waals surface area contributed by atoms with Crippen molar-refractivity contribution >= 4 is 48.7 Å². The van der Waals surface area contributed by atoms with Crippen molar-refractivity contribution in [2.24, 2.45) is 0 Å². The molecule has 3 aromatic rings. The van der Waals surface area contributed by atoms with E-state index in [9.17, 15) is 0 Å². The van der Waals surface area contributed by atoms with Crippen molar-refractivity contribution in [1.29, 1.82) is 0 Å². The van der Waals surface area contributed by atoms with Gasteiger partial charge in [-0.2, -0.15) is 4.98 Å². The number of halogens is 2. The van der Waals surface area contributed by atoms with E-state index in [0.717, 1.165) is 19.8 Å². The Balaban J connectivity index is 2.10. The Hall–Kier alpha value is -1.66. The Bertz CT molecular complexity index is 792. The molecule has 0 aliphatic rings. The topological polar surface area (TPSA) is 61.0 Å². The fraction of sp³-hybridized carbons (Fsp3) is 0. The average Bonchev–Trinajstić information content (AvgIpc) is 2.41. The molecule has 1 heterocycles. The first-order chi connectivity index (χ1) is 9.63. The van der Waals surface area contributed by atoms with E-state index < -0.39 is 0 Å². The highest BCUT2D eigenvalue weighted by atomic mass is 79.9. The number of nitrogen functional groups attached to an aromatic ring is 1. The lowest BCUT2D eigenvalue weighted by Crippen LogP contribution is -1.98. The van der Waals surface area contributed by atoms with Crippen LogP contribution in [-0.4, -0.2) is 9.97 Å². The predicted molar refractivity (Wildman–Crippen MR) is 85.9 cm³/mol. The van der Waals surface area contributed by atoms with Crippen LogP contribution in [0.15, 0.2) is 51.4 Å². The first-order valence-corrected chi connectivity index (χ1v) is 7.37. The molecule has 0 aliphatic heterocycles. The summed E-state index contributed by atoms with van der Waals surface area (Å²) >= 11 is 6.86. The van der Waals surface area contributed by atoms with Gasteiger partial charge >= 0.3 is 0 Å². The number of fused-ring (bicyclic) bond motifs is 1. The van der Waals surface area contributed by atoms with Gasteiger partial charge < -0.3 is 10.5 Å². The molecule has 0 spiro atoms. The monoisotopic (exact) mass is 393 g/mol. The van der Waals surface area contributed by atoms with Gasteiger partial charge in [0.1, 0.15) is 5.75 Å². The second kappa shape index (κ2) is 5.38. The van der Waals surface area contributed by atoms with Crippen LogP contribution < -0.4 is 10.5 Å². The zero-order valence-corrected chi connectivity index (χ0v) is 13.3. The zero-order valence-electron chi connectivity index (χ0n) is 10.2. The number of aromatic nitrogens is 2. The summed E-state index contributed by atoms with van der Waals surface area (Å²) < 4.78 is 7.65. The van der Waals surface area contributed by atoms with Gasteiger partial charge in [0.25, 0.3) is 0 Å². The molecule has 0 fully saturated rings. The van der Waals surface area contributed by atoms with E-state index in [1.807, 2.05) is 42.5 Å². The lowest BCUT2D eigenvalue weighted by molar-refractivity contribution is 0.466. The van der Waals surface area contributed by atoms with Crippen LogP contribution in [0, 0.1) is 0 Å². The smallest absolute Gasteiger partial charge is 0.232 e. The lowest BCUT2D eigenvalue weighted by atomic mass is 10.2. The fourth-order valence-electron chi connectivity index (χ4n) is 1.80. The van der Waals surface area contributed by atoms with E-state index in [-0.39, 0.29) is 5.95 Å². The molecule has 0 radical (unpaired) electrons. The number of benzene rings is 2. The Morgan fingerprint density at radius 2 is 1.80 bits per heavy atom. The SMILES string of the molecule is Nc1nc(Oc2ccc(Br)cc2Br)c2ccccc2n1. The minimum Gasteiger partial charge on any atom is -0.437 e. The van der Waals surface area contributed by atoms with Gasteiger partial charge in [-0.1, -0.05) is 28.1 Å². The van der Waals surface area contributed by atoms with Crippen molar-refractivity contribution in [2.75, 3.05) is 5.73 Å². The number of ether oxygens (including phenoxy) is 1. The second-order valence-corrected chi connectivity index (χ2v) is 5.85. The number of para-hydroxylation sites is 1. The normalized spacial score (nSPS) is 10.7. The van der Waals surface area contributed by atoms with Gasteiger partial charge in [0.2, 0.25) is 11.8 Å². The molecule has 0 unspecified atom stereocenters. The molecule has 0 amide bonds. The third kappa shape index (κ3) is 2.62. The first kappa shape index (κ1) is 13.3. The lowest BCUT2D eigenvalue weighted by Gasteiger charge is -2.10. The summed E-state index contributed by atoms with van der Waals surface area (Å²) in [5.74, 6) is 1.29. The van der Waals surface area contributed by atoms with Gasteiger partial charge in [-0.05, 0) is 46.3 Å². The van der Waals surface area contributed by atoms with Crippen molar-refractivity contribution < 1.29 is 4.74 Å². The van der Waals surface area contributed by atoms with Gasteiger partial charge in [-0.25, -0.2) is 4.98 Å². The largest absolute Gasteiger partial charge is 0.437 e. The molecule has 2 N–H and O–H groups in total. The van der Waals surface area contributed by atoms with Gasteiger partial charge in [0, 0.05) is 4.47 Å². The predicted octanol–water partition coefficient (Wildman–Crippen LogP) is 4.53. The molecule has 1 aromatic heterocycles. The average molecular weight is 395 g/mol. The summed E-state index contributed by atoms with van der Waals surface area (Å²) in [6.07, 6.45) is 0. The van der Waals surface area contributed by atoms with Gasteiger partial charge in [0.05, 0.1) is 15.4 Å². The number of hydrogen-bond donors (Lipinski definition) is 1. The quantitative estimate of drug-likeness (QED) is 0.693. The molecule has 0 bridgehead atoms. The summed E-state index contributed by atoms with van der Waals surface area (Å²) in [6.45, 7) is 0. The van der Waals surface area contributed by atoms with Crippen molar-refractivity contribution in [1.82, 2.24) is 9.97 Å². The maximum atomic E-state index is 5.86. The molecule has 2 aromatic carbocycles. The van der Waals surface area contributed by atoms with Crippen LogP contribution in [0.1, 0.15) is 0 Å². The van der Waals surface area contributed by atoms with E-state index in [1.54, 1.807) is 0 Å². The summed E-state index contributed by atoms with van der Waals surface area (Å²) in [4.78, 5) is 8.35. The maximum Gasteiger partial charge on any atom is 0.232 e. The molecular formula is C14H9Br2N3O. The number of nitrogens with two attached hydrogens (primary N) is 1. The third-order valence-corrected chi connectivity index (χ3v) is 3.80. The maximum absolute atomic E-state index is 5.86. The Morgan fingerprint density at radius 1 is 1.00 bits per heavy atom. The van der Waals surface area contributed by atoms with Crippen LogP contribution >= 0.6 is 31.9 Å². The fourth-order valence-corrected chi connectivity index (χ4v) is 2.93.